The Hall–Kier alpha value is -1.80. The molecule has 2 aromatic carbocycles. The van der Waals surface area contributed by atoms with Gasteiger partial charge in [-0.3, -0.25) is 4.79 Å². The first-order chi connectivity index (χ1) is 12.7. The zero-order valence-electron chi connectivity index (χ0n) is 15.7. The third-order valence-corrected chi connectivity index (χ3v) is 5.75. The molecule has 0 saturated heterocycles. The topological polar surface area (TPSA) is 20.3 Å². The Balaban J connectivity index is 1.98. The lowest BCUT2D eigenvalue weighted by Gasteiger charge is -2.39. The largest absolute Gasteiger partial charge is 0.331 e. The molecule has 0 unspecified atom stereocenters. The molecule has 2 nitrogen and oxygen atoms in total. The number of carbonyl (C=O) groups is 1. The predicted molar refractivity (Wildman–Crippen MR) is 108 cm³/mol. The number of halogens is 1. The Morgan fingerprint density at radius 3 is 2.58 bits per heavy atom. The minimum Gasteiger partial charge on any atom is -0.331 e. The predicted octanol–water partition coefficient (Wildman–Crippen LogP) is 6.03. The van der Waals surface area contributed by atoms with Crippen molar-refractivity contribution in [1.29, 1.82) is 0 Å². The second kappa shape index (κ2) is 8.73. The molecule has 0 fully saturated rings. The van der Waals surface area contributed by atoms with Crippen LogP contribution in [0.1, 0.15) is 62.3 Å². The summed E-state index contributed by atoms with van der Waals surface area (Å²) in [5, 5.41) is 0.727. The maximum Gasteiger partial charge on any atom is 0.226 e. The molecule has 1 aliphatic heterocycles. The van der Waals surface area contributed by atoms with Gasteiger partial charge in [0.1, 0.15) is 0 Å². The minimum absolute atomic E-state index is 0.0135. The third-order valence-electron chi connectivity index (χ3n) is 5.50. The molecule has 3 rings (SSSR count). The van der Waals surface area contributed by atoms with E-state index in [1.807, 2.05) is 12.1 Å². The second-order valence-electron chi connectivity index (χ2n) is 7.18. The molecule has 0 aliphatic carbocycles. The molecule has 0 bridgehead atoms. The van der Waals surface area contributed by atoms with Crippen LogP contribution in [0.5, 0.6) is 0 Å². The third kappa shape index (κ3) is 3.96. The fourth-order valence-corrected chi connectivity index (χ4v) is 4.12. The van der Waals surface area contributed by atoms with Crippen molar-refractivity contribution in [3.05, 3.63) is 70.2 Å². The molecule has 1 heterocycles. The summed E-state index contributed by atoms with van der Waals surface area (Å²) in [7, 11) is 0. The van der Waals surface area contributed by atoms with Crippen LogP contribution in [-0.2, 0) is 11.2 Å². The van der Waals surface area contributed by atoms with Gasteiger partial charge in [0, 0.05) is 17.5 Å². The zero-order chi connectivity index (χ0) is 18.5. The van der Waals surface area contributed by atoms with Gasteiger partial charge < -0.3 is 4.90 Å². The highest BCUT2D eigenvalue weighted by molar-refractivity contribution is 6.30. The average Bonchev–Trinajstić information content (AvgIpc) is 2.68. The van der Waals surface area contributed by atoms with E-state index in [1.54, 1.807) is 0 Å². The van der Waals surface area contributed by atoms with Gasteiger partial charge in [-0.1, -0.05) is 74.7 Å². The van der Waals surface area contributed by atoms with E-state index in [9.17, 15) is 4.79 Å². The molecule has 0 N–H and O–H groups in total. The summed E-state index contributed by atoms with van der Waals surface area (Å²) in [6, 6.07) is 16.5. The van der Waals surface area contributed by atoms with E-state index >= 15 is 0 Å². The number of nitrogens with zero attached hydrogens (tertiary/aromatic N) is 1. The van der Waals surface area contributed by atoms with Crippen molar-refractivity contribution in [2.75, 3.05) is 6.54 Å². The average molecular weight is 370 g/mol. The smallest absolute Gasteiger partial charge is 0.226 e. The lowest BCUT2D eigenvalue weighted by atomic mass is 9.86. The van der Waals surface area contributed by atoms with Crippen LogP contribution in [0.4, 0.5) is 0 Å². The number of hydrogen-bond donors (Lipinski definition) is 0. The molecule has 0 saturated carbocycles. The van der Waals surface area contributed by atoms with Crippen molar-refractivity contribution in [3.63, 3.8) is 0 Å². The van der Waals surface area contributed by atoms with E-state index in [2.05, 4.69) is 55.1 Å². The molecule has 26 heavy (non-hydrogen) atoms. The van der Waals surface area contributed by atoms with E-state index in [1.165, 1.54) is 11.1 Å². The molecule has 2 atom stereocenters. The zero-order valence-corrected chi connectivity index (χ0v) is 16.5. The van der Waals surface area contributed by atoms with E-state index in [0.29, 0.717) is 5.91 Å². The molecule has 138 valence electrons. The summed E-state index contributed by atoms with van der Waals surface area (Å²) in [4.78, 5) is 15.5. The highest BCUT2D eigenvalue weighted by Gasteiger charge is 2.34. The summed E-state index contributed by atoms with van der Waals surface area (Å²) < 4.78 is 0. The van der Waals surface area contributed by atoms with Crippen molar-refractivity contribution in [3.8, 4) is 0 Å². The van der Waals surface area contributed by atoms with Gasteiger partial charge in [-0.2, -0.15) is 0 Å². The summed E-state index contributed by atoms with van der Waals surface area (Å²) >= 11 is 6.10. The molecular formula is C23H28ClNO. The molecule has 2 aromatic rings. The number of rotatable bonds is 6. The Morgan fingerprint density at radius 2 is 1.88 bits per heavy atom. The van der Waals surface area contributed by atoms with E-state index in [-0.39, 0.29) is 12.0 Å². The number of benzene rings is 2. The van der Waals surface area contributed by atoms with Gasteiger partial charge in [0.05, 0.1) is 6.04 Å². The summed E-state index contributed by atoms with van der Waals surface area (Å²) in [6.07, 6.45) is 5.06. The van der Waals surface area contributed by atoms with Gasteiger partial charge in [0.15, 0.2) is 0 Å². The van der Waals surface area contributed by atoms with E-state index < -0.39 is 0 Å². The quantitative estimate of drug-likeness (QED) is 0.608. The van der Waals surface area contributed by atoms with Crippen LogP contribution in [-0.4, -0.2) is 17.4 Å². The van der Waals surface area contributed by atoms with Crippen LogP contribution in [0.25, 0.3) is 0 Å². The van der Waals surface area contributed by atoms with Gasteiger partial charge in [0.25, 0.3) is 0 Å². The molecule has 0 aromatic heterocycles. The molecule has 1 amide bonds. The van der Waals surface area contributed by atoms with E-state index in [0.717, 1.165) is 49.2 Å². The monoisotopic (exact) mass is 369 g/mol. The van der Waals surface area contributed by atoms with Gasteiger partial charge >= 0.3 is 0 Å². The van der Waals surface area contributed by atoms with Crippen LogP contribution in [0, 0.1) is 5.92 Å². The summed E-state index contributed by atoms with van der Waals surface area (Å²) in [5.74, 6) is 0.422. The number of amides is 1. The Bertz CT molecular complexity index is 740. The van der Waals surface area contributed by atoms with Crippen molar-refractivity contribution in [1.82, 2.24) is 4.90 Å². The standard InChI is InChI=1S/C23H28ClNO/c1-3-5-8-17(4-2)23(26)25-16-15-18-9-6-7-10-21(18)22(25)19-11-13-20(24)14-12-19/h6-7,9-14,17,22H,3-5,8,15-16H2,1-2H3/t17-,22-/m0/s1. The maximum atomic E-state index is 13.4. The normalized spacial score (nSPS) is 17.7. The number of fused-ring (bicyclic) bond motifs is 1. The molecule has 0 spiro atoms. The van der Waals surface area contributed by atoms with Crippen LogP contribution < -0.4 is 0 Å². The first kappa shape index (κ1) is 19.0. The molecular weight excluding hydrogens is 342 g/mol. The number of hydrogen-bond acceptors (Lipinski definition) is 1. The van der Waals surface area contributed by atoms with Gasteiger partial charge in [-0.05, 0) is 48.1 Å². The lowest BCUT2D eigenvalue weighted by molar-refractivity contribution is -0.138. The second-order valence-corrected chi connectivity index (χ2v) is 7.62. The summed E-state index contributed by atoms with van der Waals surface area (Å²) in [6.45, 7) is 5.10. The fraction of sp³-hybridized carbons (Fsp3) is 0.435. The molecule has 1 aliphatic rings. The number of unbranched alkanes of at least 4 members (excludes halogenated alkanes) is 1. The highest BCUT2D eigenvalue weighted by atomic mass is 35.5. The van der Waals surface area contributed by atoms with Crippen molar-refractivity contribution >= 4 is 17.5 Å². The van der Waals surface area contributed by atoms with Crippen LogP contribution >= 0.6 is 11.6 Å². The number of carbonyl (C=O) groups excluding carboxylic acids is 1. The lowest BCUT2D eigenvalue weighted by Crippen LogP contribution is -2.43. The summed E-state index contributed by atoms with van der Waals surface area (Å²) in [5.41, 5.74) is 3.73. The van der Waals surface area contributed by atoms with Gasteiger partial charge in [0.2, 0.25) is 5.91 Å². The first-order valence-corrected chi connectivity index (χ1v) is 10.2. The van der Waals surface area contributed by atoms with Crippen molar-refractivity contribution in [2.45, 2.75) is 52.0 Å². The van der Waals surface area contributed by atoms with Crippen LogP contribution in [0.3, 0.4) is 0 Å². The van der Waals surface area contributed by atoms with Crippen molar-refractivity contribution in [2.24, 2.45) is 5.92 Å². The maximum absolute atomic E-state index is 13.4. The highest BCUT2D eigenvalue weighted by Crippen LogP contribution is 2.37. The Kier molecular flexibility index (Phi) is 6.37. The van der Waals surface area contributed by atoms with Crippen LogP contribution in [0.15, 0.2) is 48.5 Å². The molecule has 3 heteroatoms. The van der Waals surface area contributed by atoms with E-state index in [4.69, 9.17) is 11.6 Å². The molecule has 0 radical (unpaired) electrons. The Labute approximate surface area is 162 Å². The van der Waals surface area contributed by atoms with Crippen LogP contribution in [0.2, 0.25) is 5.02 Å². The van der Waals surface area contributed by atoms with Gasteiger partial charge in [-0.25, -0.2) is 0 Å². The minimum atomic E-state index is -0.0135. The Morgan fingerprint density at radius 1 is 1.15 bits per heavy atom. The van der Waals surface area contributed by atoms with Gasteiger partial charge in [-0.15, -0.1) is 0 Å². The first-order valence-electron chi connectivity index (χ1n) is 9.79. The van der Waals surface area contributed by atoms with Crippen molar-refractivity contribution < 1.29 is 4.79 Å². The fourth-order valence-electron chi connectivity index (χ4n) is 4.00. The SMILES string of the molecule is CCCC[C@H](CC)C(=O)N1CCc2ccccc2[C@@H]1c1ccc(Cl)cc1.